The highest BCUT2D eigenvalue weighted by atomic mass is 16.5. The van der Waals surface area contributed by atoms with Crippen molar-refractivity contribution in [2.45, 2.75) is 20.1 Å². The summed E-state index contributed by atoms with van der Waals surface area (Å²) in [7, 11) is 0. The largest absolute Gasteiger partial charge is 0.364 e. The lowest BCUT2D eigenvalue weighted by atomic mass is 10.1. The number of aromatic nitrogens is 1. The molecule has 0 saturated heterocycles. The van der Waals surface area contributed by atoms with Crippen LogP contribution in [0, 0.1) is 31.6 Å². The van der Waals surface area contributed by atoms with Crippen LogP contribution < -0.4 is 0 Å². The van der Waals surface area contributed by atoms with E-state index in [1.165, 1.54) is 0 Å². The van der Waals surface area contributed by atoms with Gasteiger partial charge < -0.3 is 9.47 Å². The van der Waals surface area contributed by atoms with Crippen molar-refractivity contribution >= 4 is 0 Å². The third kappa shape index (κ3) is 4.70. The average molecular weight is 229 g/mol. The molecule has 3 heteroatoms. The van der Waals surface area contributed by atoms with E-state index in [-0.39, 0.29) is 0 Å². The fourth-order valence-corrected chi connectivity index (χ4v) is 1.35. The molecule has 0 saturated carbocycles. The molecule has 1 aromatic rings. The highest BCUT2D eigenvalue weighted by Crippen LogP contribution is 2.12. The van der Waals surface area contributed by atoms with Crippen molar-refractivity contribution in [2.24, 2.45) is 0 Å². The van der Waals surface area contributed by atoms with Crippen molar-refractivity contribution in [2.75, 3.05) is 13.2 Å². The van der Waals surface area contributed by atoms with E-state index in [2.05, 4.69) is 16.8 Å². The average Bonchev–Trinajstić information content (AvgIpc) is 2.32. The number of aryl methyl sites for hydroxylation is 1. The summed E-state index contributed by atoms with van der Waals surface area (Å²) < 4.78 is 10.6. The van der Waals surface area contributed by atoms with Crippen LogP contribution in [-0.2, 0) is 22.7 Å². The number of hydrogen-bond donors (Lipinski definition) is 0. The first-order valence-corrected chi connectivity index (χ1v) is 5.24. The van der Waals surface area contributed by atoms with Gasteiger partial charge in [0, 0.05) is 17.5 Å². The minimum Gasteiger partial charge on any atom is -0.364 e. The normalized spacial score (nSPS) is 9.59. The summed E-state index contributed by atoms with van der Waals surface area (Å²) in [6.45, 7) is 3.41. The molecule has 0 aliphatic carbocycles. The van der Waals surface area contributed by atoms with Gasteiger partial charge in [-0.1, -0.05) is 11.8 Å². The first-order valence-electron chi connectivity index (χ1n) is 5.24. The molecule has 0 N–H and O–H groups in total. The van der Waals surface area contributed by atoms with Crippen molar-refractivity contribution in [3.05, 3.63) is 29.1 Å². The van der Waals surface area contributed by atoms with E-state index in [1.54, 1.807) is 6.20 Å². The standard InChI is InChI=1S/C14H15NO2/c1-4-6-16-10-13-8-12(3)15-9-14(13)11-17-7-5-2/h1-2,8-9H,6-7,10-11H2,3H3. The molecule has 3 nitrogen and oxygen atoms in total. The molecule has 0 spiro atoms. The lowest BCUT2D eigenvalue weighted by Gasteiger charge is -2.09. The number of nitrogens with zero attached hydrogens (tertiary/aromatic N) is 1. The van der Waals surface area contributed by atoms with Crippen LogP contribution in [0.25, 0.3) is 0 Å². The Bertz CT molecular complexity index is 441. The summed E-state index contributed by atoms with van der Waals surface area (Å²) in [5.41, 5.74) is 2.94. The Morgan fingerprint density at radius 3 is 2.29 bits per heavy atom. The highest BCUT2D eigenvalue weighted by Gasteiger charge is 2.04. The van der Waals surface area contributed by atoms with Gasteiger partial charge in [0.2, 0.25) is 0 Å². The highest BCUT2D eigenvalue weighted by molar-refractivity contribution is 5.25. The third-order valence-corrected chi connectivity index (χ3v) is 2.11. The molecule has 1 heterocycles. The lowest BCUT2D eigenvalue weighted by molar-refractivity contribution is 0.138. The Hall–Kier alpha value is -1.81. The van der Waals surface area contributed by atoms with Crippen LogP contribution in [0.5, 0.6) is 0 Å². The van der Waals surface area contributed by atoms with Crippen molar-refractivity contribution in [1.82, 2.24) is 4.98 Å². The van der Waals surface area contributed by atoms with Gasteiger partial charge in [-0.15, -0.1) is 12.8 Å². The number of terminal acetylenes is 2. The summed E-state index contributed by atoms with van der Waals surface area (Å²) >= 11 is 0. The van der Waals surface area contributed by atoms with Crippen LogP contribution in [0.1, 0.15) is 16.8 Å². The van der Waals surface area contributed by atoms with Crippen molar-refractivity contribution in [1.29, 1.82) is 0 Å². The molecule has 0 aliphatic heterocycles. The summed E-state index contributed by atoms with van der Waals surface area (Å²) in [6.07, 6.45) is 12.0. The number of hydrogen-bond acceptors (Lipinski definition) is 3. The van der Waals surface area contributed by atoms with E-state index in [0.29, 0.717) is 26.4 Å². The fourth-order valence-electron chi connectivity index (χ4n) is 1.35. The van der Waals surface area contributed by atoms with Crippen LogP contribution in [0.2, 0.25) is 0 Å². The first-order chi connectivity index (χ1) is 8.27. The van der Waals surface area contributed by atoms with Crippen LogP contribution in [0.15, 0.2) is 12.3 Å². The van der Waals surface area contributed by atoms with E-state index in [9.17, 15) is 0 Å². The minimum atomic E-state index is 0.290. The van der Waals surface area contributed by atoms with Gasteiger partial charge in [0.15, 0.2) is 0 Å². The van der Waals surface area contributed by atoms with Crippen molar-refractivity contribution in [3.8, 4) is 24.7 Å². The topological polar surface area (TPSA) is 31.4 Å². The Kier molecular flexibility index (Phi) is 5.82. The smallest absolute Gasteiger partial charge is 0.107 e. The summed E-state index contributed by atoms with van der Waals surface area (Å²) in [4.78, 5) is 4.22. The lowest BCUT2D eigenvalue weighted by Crippen LogP contribution is -2.03. The third-order valence-electron chi connectivity index (χ3n) is 2.11. The van der Waals surface area contributed by atoms with Crippen LogP contribution in [0.4, 0.5) is 0 Å². The second kappa shape index (κ2) is 7.46. The predicted octanol–water partition coefficient (Wildman–Crippen LogP) is 1.69. The van der Waals surface area contributed by atoms with E-state index in [4.69, 9.17) is 22.3 Å². The Morgan fingerprint density at radius 2 is 1.71 bits per heavy atom. The monoisotopic (exact) mass is 229 g/mol. The zero-order valence-electron chi connectivity index (χ0n) is 9.90. The maximum Gasteiger partial charge on any atom is 0.107 e. The Morgan fingerprint density at radius 1 is 1.12 bits per heavy atom. The Labute approximate surface area is 102 Å². The number of rotatable bonds is 6. The molecule has 0 aromatic carbocycles. The Balaban J connectivity index is 2.67. The molecule has 0 atom stereocenters. The predicted molar refractivity (Wildman–Crippen MR) is 66.0 cm³/mol. The quantitative estimate of drug-likeness (QED) is 0.549. The maximum atomic E-state index is 5.31. The van der Waals surface area contributed by atoms with Crippen LogP contribution in [-0.4, -0.2) is 18.2 Å². The molecular weight excluding hydrogens is 214 g/mol. The SMILES string of the molecule is C#CCOCc1cnc(C)cc1COCC#C. The zero-order chi connectivity index (χ0) is 12.5. The van der Waals surface area contributed by atoms with Gasteiger partial charge in [0.05, 0.1) is 13.2 Å². The van der Waals surface area contributed by atoms with E-state index < -0.39 is 0 Å². The molecule has 0 amide bonds. The van der Waals surface area contributed by atoms with Gasteiger partial charge in [-0.3, -0.25) is 4.98 Å². The molecule has 0 aliphatic rings. The van der Waals surface area contributed by atoms with Gasteiger partial charge in [-0.2, -0.15) is 0 Å². The summed E-state index contributed by atoms with van der Waals surface area (Å²) in [6, 6.07) is 1.96. The first kappa shape index (κ1) is 13.3. The van der Waals surface area contributed by atoms with Gasteiger partial charge in [0.25, 0.3) is 0 Å². The minimum absolute atomic E-state index is 0.290. The fraction of sp³-hybridized carbons (Fsp3) is 0.357. The number of ether oxygens (including phenoxy) is 2. The van der Waals surface area contributed by atoms with Crippen molar-refractivity contribution < 1.29 is 9.47 Å². The molecule has 0 bridgehead atoms. The molecule has 1 rings (SSSR count). The molecule has 0 radical (unpaired) electrons. The molecule has 0 fully saturated rings. The van der Waals surface area contributed by atoms with Gasteiger partial charge in [-0.05, 0) is 18.6 Å². The van der Waals surface area contributed by atoms with Gasteiger partial charge in [-0.25, -0.2) is 0 Å². The molecular formula is C14H15NO2. The number of pyridine rings is 1. The van der Waals surface area contributed by atoms with Crippen LogP contribution >= 0.6 is 0 Å². The molecule has 17 heavy (non-hydrogen) atoms. The van der Waals surface area contributed by atoms with Gasteiger partial charge >= 0.3 is 0 Å². The molecule has 0 unspecified atom stereocenters. The van der Waals surface area contributed by atoms with E-state index in [1.807, 2.05) is 13.0 Å². The van der Waals surface area contributed by atoms with Gasteiger partial charge in [0.1, 0.15) is 13.2 Å². The zero-order valence-corrected chi connectivity index (χ0v) is 9.90. The van der Waals surface area contributed by atoms with E-state index >= 15 is 0 Å². The van der Waals surface area contributed by atoms with E-state index in [0.717, 1.165) is 16.8 Å². The van der Waals surface area contributed by atoms with Crippen LogP contribution in [0.3, 0.4) is 0 Å². The summed E-state index contributed by atoms with van der Waals surface area (Å²) in [5.74, 6) is 4.85. The van der Waals surface area contributed by atoms with Crippen molar-refractivity contribution in [3.63, 3.8) is 0 Å². The maximum absolute atomic E-state index is 5.31. The second-order valence-corrected chi connectivity index (χ2v) is 3.49. The molecule has 1 aromatic heterocycles. The summed E-state index contributed by atoms with van der Waals surface area (Å²) in [5, 5.41) is 0. The second-order valence-electron chi connectivity index (χ2n) is 3.49. The molecule has 88 valence electrons.